The number of ether oxygens (including phenoxy) is 1. The molecule has 0 unspecified atom stereocenters. The minimum Gasteiger partial charge on any atom is -0.496 e. The summed E-state index contributed by atoms with van der Waals surface area (Å²) < 4.78 is 15.9. The van der Waals surface area contributed by atoms with Gasteiger partial charge in [0.2, 0.25) is 5.89 Å². The molecule has 0 aliphatic rings. The summed E-state index contributed by atoms with van der Waals surface area (Å²) in [5.41, 5.74) is 0.730. The molecule has 0 radical (unpaired) electrons. The van der Waals surface area contributed by atoms with E-state index in [1.54, 1.807) is 19.2 Å². The van der Waals surface area contributed by atoms with Gasteiger partial charge in [0, 0.05) is 13.0 Å². The summed E-state index contributed by atoms with van der Waals surface area (Å²) >= 11 is 0. The van der Waals surface area contributed by atoms with E-state index in [1.807, 2.05) is 24.3 Å². The standard InChI is InChI=1S/C16H15N3O4/c1-21-12-6-3-2-5-11(12)16-19-18-14(23-16)8-9-17-15(20)13-7-4-10-22-13/h2-7,10H,8-9H2,1H3,(H,17,20). The van der Waals surface area contributed by atoms with Crippen molar-refractivity contribution in [2.24, 2.45) is 0 Å². The number of nitrogens with one attached hydrogen (secondary N) is 1. The molecule has 2 aromatic heterocycles. The third-order valence-electron chi connectivity index (χ3n) is 3.17. The van der Waals surface area contributed by atoms with Crippen molar-refractivity contribution < 1.29 is 18.4 Å². The van der Waals surface area contributed by atoms with Crippen LogP contribution < -0.4 is 10.1 Å². The second-order valence-corrected chi connectivity index (χ2v) is 4.68. The fourth-order valence-electron chi connectivity index (χ4n) is 2.06. The number of aromatic nitrogens is 2. The van der Waals surface area contributed by atoms with Gasteiger partial charge in [0.25, 0.3) is 11.8 Å². The molecule has 1 aromatic carbocycles. The van der Waals surface area contributed by atoms with Crippen LogP contribution in [-0.4, -0.2) is 29.8 Å². The van der Waals surface area contributed by atoms with Crippen LogP contribution in [0.1, 0.15) is 16.4 Å². The van der Waals surface area contributed by atoms with Crippen molar-refractivity contribution in [1.29, 1.82) is 0 Å². The fourth-order valence-corrected chi connectivity index (χ4v) is 2.06. The van der Waals surface area contributed by atoms with E-state index in [-0.39, 0.29) is 11.7 Å². The molecule has 0 fully saturated rings. The highest BCUT2D eigenvalue weighted by Gasteiger charge is 2.13. The van der Waals surface area contributed by atoms with E-state index in [0.29, 0.717) is 30.5 Å². The highest BCUT2D eigenvalue weighted by Crippen LogP contribution is 2.28. The van der Waals surface area contributed by atoms with Crippen LogP contribution in [0, 0.1) is 0 Å². The Balaban J connectivity index is 1.60. The number of furan rings is 1. The van der Waals surface area contributed by atoms with Crippen LogP contribution >= 0.6 is 0 Å². The first kappa shape index (κ1) is 14.8. The molecule has 3 rings (SSSR count). The number of amides is 1. The summed E-state index contributed by atoms with van der Waals surface area (Å²) in [7, 11) is 1.58. The van der Waals surface area contributed by atoms with Gasteiger partial charge in [-0.05, 0) is 24.3 Å². The molecule has 7 heteroatoms. The van der Waals surface area contributed by atoms with E-state index in [4.69, 9.17) is 13.6 Å². The number of hydrogen-bond donors (Lipinski definition) is 1. The van der Waals surface area contributed by atoms with Crippen LogP contribution in [0.15, 0.2) is 51.5 Å². The van der Waals surface area contributed by atoms with Crippen molar-refractivity contribution >= 4 is 5.91 Å². The van der Waals surface area contributed by atoms with Gasteiger partial charge in [-0.25, -0.2) is 0 Å². The molecule has 7 nitrogen and oxygen atoms in total. The zero-order valence-corrected chi connectivity index (χ0v) is 12.5. The maximum Gasteiger partial charge on any atom is 0.286 e. The van der Waals surface area contributed by atoms with Crippen LogP contribution in [0.3, 0.4) is 0 Å². The van der Waals surface area contributed by atoms with E-state index in [9.17, 15) is 4.79 Å². The Labute approximate surface area is 132 Å². The molecule has 0 atom stereocenters. The SMILES string of the molecule is COc1ccccc1-c1nnc(CCNC(=O)c2ccco2)o1. The van der Waals surface area contributed by atoms with Crippen molar-refractivity contribution in [3.63, 3.8) is 0 Å². The molecule has 0 aliphatic heterocycles. The molecule has 1 N–H and O–H groups in total. The maximum absolute atomic E-state index is 11.7. The average molecular weight is 313 g/mol. The number of carbonyl (C=O) groups is 1. The molecular weight excluding hydrogens is 298 g/mol. The van der Waals surface area contributed by atoms with Gasteiger partial charge in [0.15, 0.2) is 5.76 Å². The second-order valence-electron chi connectivity index (χ2n) is 4.68. The predicted molar refractivity (Wildman–Crippen MR) is 81.0 cm³/mol. The number of methoxy groups -OCH3 is 1. The highest BCUT2D eigenvalue weighted by molar-refractivity contribution is 5.91. The smallest absolute Gasteiger partial charge is 0.286 e. The largest absolute Gasteiger partial charge is 0.496 e. The number of nitrogens with zero attached hydrogens (tertiary/aromatic N) is 2. The first-order valence-electron chi connectivity index (χ1n) is 7.05. The Morgan fingerprint density at radius 1 is 1.22 bits per heavy atom. The second kappa shape index (κ2) is 6.78. The van der Waals surface area contributed by atoms with Gasteiger partial charge in [0.05, 0.1) is 18.9 Å². The van der Waals surface area contributed by atoms with Crippen LogP contribution in [0.5, 0.6) is 5.75 Å². The minimum absolute atomic E-state index is 0.269. The molecular formula is C16H15N3O4. The normalized spacial score (nSPS) is 10.5. The van der Waals surface area contributed by atoms with E-state index in [1.165, 1.54) is 6.26 Å². The first-order chi connectivity index (χ1) is 11.3. The lowest BCUT2D eigenvalue weighted by Gasteiger charge is -2.03. The van der Waals surface area contributed by atoms with Crippen molar-refractivity contribution in [3.8, 4) is 17.2 Å². The Morgan fingerprint density at radius 2 is 2.09 bits per heavy atom. The molecule has 118 valence electrons. The monoisotopic (exact) mass is 313 g/mol. The van der Waals surface area contributed by atoms with Gasteiger partial charge in [-0.1, -0.05) is 12.1 Å². The van der Waals surface area contributed by atoms with Gasteiger partial charge >= 0.3 is 0 Å². The summed E-state index contributed by atoms with van der Waals surface area (Å²) in [5, 5.41) is 10.7. The molecule has 0 saturated carbocycles. The summed E-state index contributed by atoms with van der Waals surface area (Å²) in [6.45, 7) is 0.368. The first-order valence-corrected chi connectivity index (χ1v) is 7.05. The maximum atomic E-state index is 11.7. The number of benzene rings is 1. The Hall–Kier alpha value is -3.09. The average Bonchev–Trinajstić information content (AvgIpc) is 3.26. The van der Waals surface area contributed by atoms with Crippen LogP contribution in [0.25, 0.3) is 11.5 Å². The highest BCUT2D eigenvalue weighted by atomic mass is 16.5. The fraction of sp³-hybridized carbons (Fsp3) is 0.188. The molecule has 3 aromatic rings. The number of carbonyl (C=O) groups excluding carboxylic acids is 1. The number of hydrogen-bond acceptors (Lipinski definition) is 6. The lowest BCUT2D eigenvalue weighted by atomic mass is 10.2. The minimum atomic E-state index is -0.278. The van der Waals surface area contributed by atoms with Crippen LogP contribution in [-0.2, 0) is 6.42 Å². The number of para-hydroxylation sites is 1. The zero-order chi connectivity index (χ0) is 16.1. The van der Waals surface area contributed by atoms with Crippen molar-refractivity contribution in [3.05, 3.63) is 54.3 Å². The topological polar surface area (TPSA) is 90.4 Å². The molecule has 23 heavy (non-hydrogen) atoms. The van der Waals surface area contributed by atoms with E-state index in [0.717, 1.165) is 5.56 Å². The van der Waals surface area contributed by atoms with Crippen molar-refractivity contribution in [2.75, 3.05) is 13.7 Å². The number of rotatable bonds is 6. The van der Waals surface area contributed by atoms with Gasteiger partial charge in [-0.3, -0.25) is 4.79 Å². The quantitative estimate of drug-likeness (QED) is 0.751. The Bertz CT molecular complexity index is 780. The zero-order valence-electron chi connectivity index (χ0n) is 12.5. The molecule has 0 aliphatic carbocycles. The lowest BCUT2D eigenvalue weighted by molar-refractivity contribution is 0.0926. The van der Waals surface area contributed by atoms with Crippen molar-refractivity contribution in [2.45, 2.75) is 6.42 Å². The molecule has 2 heterocycles. The van der Waals surface area contributed by atoms with Gasteiger partial charge in [-0.2, -0.15) is 0 Å². The van der Waals surface area contributed by atoms with E-state index < -0.39 is 0 Å². The lowest BCUT2D eigenvalue weighted by Crippen LogP contribution is -2.25. The summed E-state index contributed by atoms with van der Waals surface area (Å²) in [5.74, 6) is 1.47. The summed E-state index contributed by atoms with van der Waals surface area (Å²) in [4.78, 5) is 11.7. The molecule has 0 spiro atoms. The molecule has 1 amide bonds. The van der Waals surface area contributed by atoms with Crippen molar-refractivity contribution in [1.82, 2.24) is 15.5 Å². The van der Waals surface area contributed by atoms with Crippen LogP contribution in [0.2, 0.25) is 0 Å². The summed E-state index contributed by atoms with van der Waals surface area (Å²) in [6.07, 6.45) is 1.88. The third-order valence-corrected chi connectivity index (χ3v) is 3.17. The van der Waals surface area contributed by atoms with Gasteiger partial charge in [-0.15, -0.1) is 10.2 Å². The van der Waals surface area contributed by atoms with Gasteiger partial charge < -0.3 is 18.9 Å². The van der Waals surface area contributed by atoms with E-state index in [2.05, 4.69) is 15.5 Å². The molecule has 0 bridgehead atoms. The Morgan fingerprint density at radius 3 is 2.87 bits per heavy atom. The van der Waals surface area contributed by atoms with Crippen LogP contribution in [0.4, 0.5) is 0 Å². The molecule has 0 saturated heterocycles. The third kappa shape index (κ3) is 3.39. The summed E-state index contributed by atoms with van der Waals surface area (Å²) in [6, 6.07) is 10.7. The van der Waals surface area contributed by atoms with E-state index >= 15 is 0 Å². The predicted octanol–water partition coefficient (Wildman–Crippen LogP) is 2.31. The Kier molecular flexibility index (Phi) is 4.37. The van der Waals surface area contributed by atoms with Gasteiger partial charge in [0.1, 0.15) is 5.75 Å².